The minimum Gasteiger partial charge on any atom is -0.497 e. The first-order valence-electron chi connectivity index (χ1n) is 7.25. The first-order chi connectivity index (χ1) is 10.9. The molecule has 0 amide bonds. The Labute approximate surface area is 137 Å². The van der Waals surface area contributed by atoms with Gasteiger partial charge in [0.25, 0.3) is 0 Å². The molecule has 5 nitrogen and oxygen atoms in total. The van der Waals surface area contributed by atoms with E-state index in [1.54, 1.807) is 49.6 Å². The van der Waals surface area contributed by atoms with Crippen LogP contribution in [0.5, 0.6) is 11.5 Å². The molecule has 124 valence electrons. The van der Waals surface area contributed by atoms with Crippen molar-refractivity contribution in [2.45, 2.75) is 17.1 Å². The van der Waals surface area contributed by atoms with E-state index >= 15 is 0 Å². The molecule has 0 aliphatic heterocycles. The number of benzene rings is 2. The lowest BCUT2D eigenvalue weighted by molar-refractivity contribution is -0.367. The summed E-state index contributed by atoms with van der Waals surface area (Å²) in [5.74, 6) is 1.09. The lowest BCUT2D eigenvalue weighted by Gasteiger charge is -2.18. The molecule has 0 radical (unpaired) electrons. The quantitative estimate of drug-likeness (QED) is 0.872. The predicted octanol–water partition coefficient (Wildman–Crippen LogP) is 1.77. The first-order valence-corrected chi connectivity index (χ1v) is 8.80. The fourth-order valence-electron chi connectivity index (χ4n) is 2.45. The van der Waals surface area contributed by atoms with Crippen molar-refractivity contribution >= 4 is 9.84 Å². The van der Waals surface area contributed by atoms with Gasteiger partial charge in [-0.25, -0.2) is 8.42 Å². The number of ether oxygens (including phenoxy) is 2. The number of hydrogen-bond acceptors (Lipinski definition) is 4. The van der Waals surface area contributed by atoms with Gasteiger partial charge in [-0.15, -0.1) is 0 Å². The summed E-state index contributed by atoms with van der Waals surface area (Å²) in [6.45, 7) is 2.13. The lowest BCUT2D eigenvalue weighted by Crippen LogP contribution is -2.54. The molecule has 0 aromatic heterocycles. The molecule has 0 spiro atoms. The fraction of sp³-hybridized carbons (Fsp3) is 0.294. The van der Waals surface area contributed by atoms with Gasteiger partial charge in [-0.2, -0.15) is 0 Å². The molecule has 0 saturated carbocycles. The third-order valence-corrected chi connectivity index (χ3v) is 5.94. The normalized spacial score (nSPS) is 12.7. The van der Waals surface area contributed by atoms with E-state index in [1.807, 2.05) is 6.92 Å². The summed E-state index contributed by atoms with van der Waals surface area (Å²) in [6, 6.07) is 12.0. The lowest BCUT2D eigenvalue weighted by atomic mass is 10.1. The Balaban J connectivity index is 2.52. The average Bonchev–Trinajstić information content (AvgIpc) is 2.56. The Bertz CT molecular complexity index is 770. The van der Waals surface area contributed by atoms with Crippen molar-refractivity contribution in [3.63, 3.8) is 0 Å². The molecule has 1 atom stereocenters. The summed E-state index contributed by atoms with van der Waals surface area (Å²) >= 11 is 0. The van der Waals surface area contributed by atoms with Crippen LogP contribution < -0.4 is 15.2 Å². The van der Waals surface area contributed by atoms with E-state index in [0.717, 1.165) is 5.56 Å². The maximum atomic E-state index is 13.0. The van der Waals surface area contributed by atoms with E-state index in [1.165, 1.54) is 7.11 Å². The molecule has 0 aliphatic carbocycles. The Morgan fingerprint density at radius 2 is 1.70 bits per heavy atom. The third-order valence-electron chi connectivity index (χ3n) is 3.77. The van der Waals surface area contributed by atoms with Gasteiger partial charge >= 0.3 is 0 Å². The van der Waals surface area contributed by atoms with Crippen molar-refractivity contribution in [1.82, 2.24) is 0 Å². The summed E-state index contributed by atoms with van der Waals surface area (Å²) in [5.41, 5.74) is 5.42. The molecule has 3 N–H and O–H groups in total. The smallest absolute Gasteiger partial charge is 0.191 e. The highest BCUT2D eigenvalue weighted by atomic mass is 32.2. The molecule has 0 saturated heterocycles. The number of hydrogen-bond donors (Lipinski definition) is 1. The first kappa shape index (κ1) is 17.3. The van der Waals surface area contributed by atoms with Crippen LogP contribution >= 0.6 is 0 Å². The average molecular weight is 336 g/mol. The van der Waals surface area contributed by atoms with Gasteiger partial charge < -0.3 is 15.2 Å². The van der Waals surface area contributed by atoms with E-state index in [2.05, 4.69) is 5.73 Å². The number of rotatable bonds is 6. The molecule has 6 heteroatoms. The number of aryl methyl sites for hydroxylation is 1. The van der Waals surface area contributed by atoms with Crippen LogP contribution in [-0.4, -0.2) is 29.2 Å². The molecule has 2 rings (SSSR count). The fourth-order valence-corrected chi connectivity index (χ4v) is 4.14. The molecule has 0 aliphatic rings. The third kappa shape index (κ3) is 3.48. The van der Waals surface area contributed by atoms with Crippen LogP contribution in [0.15, 0.2) is 47.4 Å². The highest BCUT2D eigenvalue weighted by Gasteiger charge is 2.32. The number of methoxy groups -OCH3 is 2. The van der Waals surface area contributed by atoms with Gasteiger partial charge in [-0.1, -0.05) is 23.8 Å². The summed E-state index contributed by atoms with van der Waals surface area (Å²) in [5, 5.41) is -0.772. The second kappa shape index (κ2) is 7.02. The zero-order valence-electron chi connectivity index (χ0n) is 13.6. The summed E-state index contributed by atoms with van der Waals surface area (Å²) in [6.07, 6.45) is 0. The van der Waals surface area contributed by atoms with Crippen LogP contribution in [0.25, 0.3) is 0 Å². The van der Waals surface area contributed by atoms with Crippen LogP contribution in [0, 0.1) is 6.92 Å². The monoisotopic (exact) mass is 336 g/mol. The van der Waals surface area contributed by atoms with E-state index in [-0.39, 0.29) is 11.4 Å². The zero-order chi connectivity index (χ0) is 17.0. The number of quaternary nitrogens is 1. The van der Waals surface area contributed by atoms with E-state index in [4.69, 9.17) is 9.47 Å². The summed E-state index contributed by atoms with van der Waals surface area (Å²) in [4.78, 5) is 0.287. The highest BCUT2D eigenvalue weighted by molar-refractivity contribution is 7.91. The highest BCUT2D eigenvalue weighted by Crippen LogP contribution is 2.35. The SMILES string of the molecule is COc1ccc([C@@H](C[NH3+])S(=O)(=O)c2ccc(C)cc2)c(OC)c1. The molecular formula is C17H22NO4S+. The topological polar surface area (TPSA) is 80.2 Å². The summed E-state index contributed by atoms with van der Waals surface area (Å²) in [7, 11) is -0.494. The molecule has 0 fully saturated rings. The van der Waals surface area contributed by atoms with Crippen molar-refractivity contribution < 1.29 is 23.6 Å². The van der Waals surface area contributed by atoms with Crippen molar-refractivity contribution in [1.29, 1.82) is 0 Å². The standard InChI is InChI=1S/C17H21NO4S/c1-12-4-7-14(8-5-12)23(19,20)17(11-18)15-9-6-13(21-2)10-16(15)22-3/h4-10,17H,11,18H2,1-3H3/p+1/t17-/m1/s1. The van der Waals surface area contributed by atoms with Gasteiger partial charge in [0.1, 0.15) is 16.7 Å². The van der Waals surface area contributed by atoms with E-state index in [0.29, 0.717) is 17.1 Å². The van der Waals surface area contributed by atoms with Crippen LogP contribution in [0.3, 0.4) is 0 Å². The molecule has 2 aromatic rings. The molecular weight excluding hydrogens is 314 g/mol. The van der Waals surface area contributed by atoms with Gasteiger partial charge in [0.15, 0.2) is 9.84 Å². The van der Waals surface area contributed by atoms with E-state index in [9.17, 15) is 8.42 Å². The second-order valence-corrected chi connectivity index (χ2v) is 7.37. The second-order valence-electron chi connectivity index (χ2n) is 5.24. The Kier molecular flexibility index (Phi) is 5.28. The minimum atomic E-state index is -3.56. The van der Waals surface area contributed by atoms with Crippen LogP contribution in [0.4, 0.5) is 0 Å². The molecule has 2 aromatic carbocycles. The van der Waals surface area contributed by atoms with Gasteiger partial charge in [0, 0.05) is 11.6 Å². The minimum absolute atomic E-state index is 0.207. The van der Waals surface area contributed by atoms with Gasteiger partial charge in [-0.3, -0.25) is 0 Å². The Hall–Kier alpha value is -2.05. The predicted molar refractivity (Wildman–Crippen MR) is 88.4 cm³/mol. The molecule has 0 bridgehead atoms. The number of sulfone groups is 1. The van der Waals surface area contributed by atoms with Crippen LogP contribution in [0.2, 0.25) is 0 Å². The summed E-state index contributed by atoms with van der Waals surface area (Å²) < 4.78 is 36.5. The molecule has 0 heterocycles. The van der Waals surface area contributed by atoms with Crippen molar-refractivity contribution in [3.05, 3.63) is 53.6 Å². The van der Waals surface area contributed by atoms with E-state index < -0.39 is 15.1 Å². The van der Waals surface area contributed by atoms with Crippen LogP contribution in [-0.2, 0) is 9.84 Å². The Morgan fingerprint density at radius 3 is 2.22 bits per heavy atom. The maximum absolute atomic E-state index is 13.0. The largest absolute Gasteiger partial charge is 0.497 e. The Morgan fingerprint density at radius 1 is 1.04 bits per heavy atom. The van der Waals surface area contributed by atoms with Crippen molar-refractivity contribution in [2.75, 3.05) is 20.8 Å². The van der Waals surface area contributed by atoms with Gasteiger partial charge in [0.05, 0.1) is 25.7 Å². The molecule has 23 heavy (non-hydrogen) atoms. The van der Waals surface area contributed by atoms with Crippen LogP contribution in [0.1, 0.15) is 16.4 Å². The van der Waals surface area contributed by atoms with Crippen molar-refractivity contribution in [3.8, 4) is 11.5 Å². The van der Waals surface area contributed by atoms with Gasteiger partial charge in [-0.05, 0) is 25.1 Å². The zero-order valence-corrected chi connectivity index (χ0v) is 14.4. The van der Waals surface area contributed by atoms with Crippen molar-refractivity contribution in [2.24, 2.45) is 0 Å². The van der Waals surface area contributed by atoms with Gasteiger partial charge in [0.2, 0.25) is 0 Å². The molecule has 0 unspecified atom stereocenters. The maximum Gasteiger partial charge on any atom is 0.191 e.